The van der Waals surface area contributed by atoms with Gasteiger partial charge in [-0.25, -0.2) is 0 Å². The van der Waals surface area contributed by atoms with Gasteiger partial charge in [0.25, 0.3) is 0 Å². The summed E-state index contributed by atoms with van der Waals surface area (Å²) < 4.78 is 11.1. The van der Waals surface area contributed by atoms with Gasteiger partial charge in [-0.2, -0.15) is 0 Å². The molecule has 1 saturated heterocycles. The Balaban J connectivity index is 2.45. The Kier molecular flexibility index (Phi) is 37.0. The number of ether oxygens (including phenoxy) is 2. The van der Waals surface area contributed by atoms with Crippen molar-refractivity contribution in [1.82, 2.24) is 5.32 Å². The molecule has 0 radical (unpaired) electrons. The lowest BCUT2D eigenvalue weighted by molar-refractivity contribution is -0.303. The summed E-state index contributed by atoms with van der Waals surface area (Å²) in [7, 11) is 0. The third-order valence-electron chi connectivity index (χ3n) is 12.0. The van der Waals surface area contributed by atoms with Crippen LogP contribution in [0, 0.1) is 0 Å². The third kappa shape index (κ3) is 28.3. The molecule has 1 amide bonds. The second kappa shape index (κ2) is 39.2. The highest BCUT2D eigenvalue weighted by Crippen LogP contribution is 2.23. The summed E-state index contributed by atoms with van der Waals surface area (Å²) in [4.78, 5) is 13.1. The molecule has 11 heteroatoms. The van der Waals surface area contributed by atoms with E-state index in [9.17, 15) is 40.5 Å². The van der Waals surface area contributed by atoms with Gasteiger partial charge in [-0.15, -0.1) is 0 Å². The average molecular weight is 856 g/mol. The lowest BCUT2D eigenvalue weighted by atomic mass is 9.98. The molecule has 1 aliphatic heterocycles. The van der Waals surface area contributed by atoms with Gasteiger partial charge < -0.3 is 50.5 Å². The Morgan fingerprint density at radius 3 is 1.48 bits per heavy atom. The molecular formula is C49H93NO10. The molecule has 9 unspecified atom stereocenters. The maximum atomic E-state index is 13.1. The normalized spacial score (nSPS) is 21.8. The van der Waals surface area contributed by atoms with Crippen molar-refractivity contribution >= 4 is 5.91 Å². The van der Waals surface area contributed by atoms with Crippen LogP contribution in [0.3, 0.4) is 0 Å². The predicted octanol–water partition coefficient (Wildman–Crippen LogP) is 8.62. The molecule has 1 rings (SSSR count). The van der Waals surface area contributed by atoms with Crippen molar-refractivity contribution in [3.05, 3.63) is 24.3 Å². The van der Waals surface area contributed by atoms with Gasteiger partial charge in [-0.1, -0.05) is 186 Å². The standard InChI is InChI=1S/C49H93NO10/c1-3-5-7-9-11-13-15-17-19-21-23-25-27-29-31-33-35-37-42(53)48(58)50-40(39-59-49-47(57)46(56)45(55)43(38-51)60-49)44(54)41(52)36-34-32-30-28-26-24-22-20-18-16-14-12-10-8-6-4-2/h20,22,28,30,40-47,49,51-57H,3-19,21,23-27,29,31-39H2,1-2H3,(H,50,58)/b22-20+,30-28+. The Morgan fingerprint density at radius 1 is 0.567 bits per heavy atom. The van der Waals surface area contributed by atoms with Gasteiger partial charge in [0, 0.05) is 0 Å². The second-order valence-corrected chi connectivity index (χ2v) is 17.5. The number of allylic oxidation sites excluding steroid dienone is 4. The summed E-state index contributed by atoms with van der Waals surface area (Å²) in [5.74, 6) is -0.709. The molecule has 0 bridgehead atoms. The van der Waals surface area contributed by atoms with E-state index in [0.717, 1.165) is 38.5 Å². The van der Waals surface area contributed by atoms with E-state index in [1.54, 1.807) is 0 Å². The van der Waals surface area contributed by atoms with E-state index in [2.05, 4.69) is 43.5 Å². The van der Waals surface area contributed by atoms with Crippen molar-refractivity contribution in [2.45, 2.75) is 268 Å². The number of unbranched alkanes of at least 4 members (excludes halogenated alkanes) is 25. The molecule has 0 aromatic carbocycles. The quantitative estimate of drug-likeness (QED) is 0.0218. The maximum absolute atomic E-state index is 13.1. The molecule has 9 atom stereocenters. The number of amides is 1. The maximum Gasteiger partial charge on any atom is 0.249 e. The average Bonchev–Trinajstić information content (AvgIpc) is 3.25. The second-order valence-electron chi connectivity index (χ2n) is 17.5. The fourth-order valence-corrected chi connectivity index (χ4v) is 7.87. The highest BCUT2D eigenvalue weighted by atomic mass is 16.7. The van der Waals surface area contributed by atoms with E-state index in [-0.39, 0.29) is 12.8 Å². The molecule has 1 heterocycles. The van der Waals surface area contributed by atoms with Crippen molar-refractivity contribution in [1.29, 1.82) is 0 Å². The monoisotopic (exact) mass is 856 g/mol. The molecule has 0 aliphatic carbocycles. The first kappa shape index (κ1) is 56.6. The fraction of sp³-hybridized carbons (Fsp3) is 0.898. The first-order valence-corrected chi connectivity index (χ1v) is 24.7. The summed E-state index contributed by atoms with van der Waals surface area (Å²) in [6.07, 6.45) is 32.2. The summed E-state index contributed by atoms with van der Waals surface area (Å²) in [5.41, 5.74) is 0. The van der Waals surface area contributed by atoms with Crippen molar-refractivity contribution in [3.63, 3.8) is 0 Å². The van der Waals surface area contributed by atoms with Crippen LogP contribution in [0.1, 0.15) is 213 Å². The predicted molar refractivity (Wildman–Crippen MR) is 242 cm³/mol. The zero-order chi connectivity index (χ0) is 44.1. The topological polar surface area (TPSA) is 189 Å². The molecule has 0 aromatic heterocycles. The first-order chi connectivity index (χ1) is 29.2. The lowest BCUT2D eigenvalue weighted by Gasteiger charge is -2.40. The van der Waals surface area contributed by atoms with Gasteiger partial charge in [0.2, 0.25) is 5.91 Å². The molecular weight excluding hydrogens is 763 g/mol. The minimum atomic E-state index is -1.67. The van der Waals surface area contributed by atoms with Gasteiger partial charge >= 0.3 is 0 Å². The van der Waals surface area contributed by atoms with E-state index in [1.807, 2.05) is 0 Å². The third-order valence-corrected chi connectivity index (χ3v) is 12.0. The number of carbonyl (C=O) groups excluding carboxylic acids is 1. The van der Waals surface area contributed by atoms with Crippen molar-refractivity contribution < 1.29 is 50.0 Å². The van der Waals surface area contributed by atoms with Crippen LogP contribution < -0.4 is 5.32 Å². The molecule has 354 valence electrons. The molecule has 0 saturated carbocycles. The number of rotatable bonds is 41. The molecule has 60 heavy (non-hydrogen) atoms. The summed E-state index contributed by atoms with van der Waals surface area (Å²) in [6.45, 7) is 3.42. The number of aliphatic hydroxyl groups excluding tert-OH is 7. The van der Waals surface area contributed by atoms with Gasteiger partial charge in [0.1, 0.15) is 36.6 Å². The van der Waals surface area contributed by atoms with E-state index >= 15 is 0 Å². The number of carbonyl (C=O) groups is 1. The Bertz CT molecular complexity index is 1030. The highest BCUT2D eigenvalue weighted by molar-refractivity contribution is 5.80. The van der Waals surface area contributed by atoms with Crippen LogP contribution in [-0.2, 0) is 14.3 Å². The van der Waals surface area contributed by atoms with Crippen molar-refractivity contribution in [2.24, 2.45) is 0 Å². The van der Waals surface area contributed by atoms with Gasteiger partial charge in [0.05, 0.1) is 25.4 Å². The fourth-order valence-electron chi connectivity index (χ4n) is 7.87. The van der Waals surface area contributed by atoms with Gasteiger partial charge in [0.15, 0.2) is 6.29 Å². The molecule has 1 aliphatic rings. The van der Waals surface area contributed by atoms with Crippen LogP contribution in [0.25, 0.3) is 0 Å². The van der Waals surface area contributed by atoms with Crippen LogP contribution in [0.4, 0.5) is 0 Å². The van der Waals surface area contributed by atoms with E-state index in [4.69, 9.17) is 9.47 Å². The Morgan fingerprint density at radius 2 is 1.00 bits per heavy atom. The molecule has 0 spiro atoms. The first-order valence-electron chi connectivity index (χ1n) is 24.7. The highest BCUT2D eigenvalue weighted by Gasteiger charge is 2.44. The van der Waals surface area contributed by atoms with Crippen molar-refractivity contribution in [2.75, 3.05) is 13.2 Å². The zero-order valence-electron chi connectivity index (χ0n) is 38.2. The van der Waals surface area contributed by atoms with E-state index in [1.165, 1.54) is 128 Å². The lowest BCUT2D eigenvalue weighted by Crippen LogP contribution is -2.60. The Hall–Kier alpha value is -1.41. The number of hydrogen-bond donors (Lipinski definition) is 8. The molecule has 8 N–H and O–H groups in total. The number of aliphatic hydroxyl groups is 7. The molecule has 0 aromatic rings. The van der Waals surface area contributed by atoms with E-state index < -0.39 is 74.2 Å². The van der Waals surface area contributed by atoms with Crippen LogP contribution >= 0.6 is 0 Å². The largest absolute Gasteiger partial charge is 0.394 e. The zero-order valence-corrected chi connectivity index (χ0v) is 38.2. The van der Waals surface area contributed by atoms with Crippen LogP contribution in [0.5, 0.6) is 0 Å². The van der Waals surface area contributed by atoms with Crippen LogP contribution in [-0.4, -0.2) is 110 Å². The SMILES string of the molecule is CCCCCCCCC/C=C/CC/C=C/CCCC(O)C(O)C(COC1OC(CO)C(O)C(O)C1O)NC(=O)C(O)CCCCCCCCCCCCCCCCCCC. The summed E-state index contributed by atoms with van der Waals surface area (Å²) >= 11 is 0. The van der Waals surface area contributed by atoms with Gasteiger partial charge in [-0.05, 0) is 51.4 Å². The molecule has 11 nitrogen and oxygen atoms in total. The molecule has 1 fully saturated rings. The van der Waals surface area contributed by atoms with E-state index in [0.29, 0.717) is 19.3 Å². The minimum absolute atomic E-state index is 0.248. The Labute approximate surface area is 365 Å². The van der Waals surface area contributed by atoms with Crippen LogP contribution in [0.15, 0.2) is 24.3 Å². The van der Waals surface area contributed by atoms with Gasteiger partial charge in [-0.3, -0.25) is 4.79 Å². The minimum Gasteiger partial charge on any atom is -0.394 e. The summed E-state index contributed by atoms with van der Waals surface area (Å²) in [6, 6.07) is -1.19. The number of hydrogen-bond acceptors (Lipinski definition) is 10. The van der Waals surface area contributed by atoms with Crippen LogP contribution in [0.2, 0.25) is 0 Å². The summed E-state index contributed by atoms with van der Waals surface area (Å²) in [5, 5.41) is 75.7. The number of nitrogens with one attached hydrogen (secondary N) is 1. The smallest absolute Gasteiger partial charge is 0.249 e. The van der Waals surface area contributed by atoms with Crippen molar-refractivity contribution in [3.8, 4) is 0 Å².